The van der Waals surface area contributed by atoms with E-state index >= 15 is 0 Å². The van der Waals surface area contributed by atoms with Gasteiger partial charge in [-0.05, 0) is 42.8 Å². The summed E-state index contributed by atoms with van der Waals surface area (Å²) in [6, 6.07) is 2.73. The molecule has 0 heterocycles. The number of hydrogen-bond acceptors (Lipinski definition) is 3. The Hall–Kier alpha value is -1.20. The molecule has 0 aliphatic heterocycles. The van der Waals surface area contributed by atoms with Crippen LogP contribution in [0.5, 0.6) is 0 Å². The molecule has 24 heavy (non-hydrogen) atoms. The SMILES string of the molecule is CCCCCC(=O)Nc1cc(CC(=S)OCCCC)c(Cl)cc1F. The third kappa shape index (κ3) is 7.58. The molecule has 0 spiro atoms. The van der Waals surface area contributed by atoms with E-state index in [0.717, 1.165) is 32.1 Å². The number of carbonyl (C=O) groups excluding carboxylic acids is 1. The van der Waals surface area contributed by atoms with Crippen molar-refractivity contribution in [1.29, 1.82) is 0 Å². The van der Waals surface area contributed by atoms with Crippen LogP contribution in [-0.4, -0.2) is 17.6 Å². The lowest BCUT2D eigenvalue weighted by Crippen LogP contribution is -2.13. The van der Waals surface area contributed by atoms with Gasteiger partial charge in [0, 0.05) is 17.9 Å². The summed E-state index contributed by atoms with van der Waals surface area (Å²) in [7, 11) is 0. The fraction of sp³-hybridized carbons (Fsp3) is 0.556. The molecule has 0 bridgehead atoms. The molecule has 1 aromatic rings. The van der Waals surface area contributed by atoms with E-state index in [1.165, 1.54) is 12.1 Å². The molecule has 1 amide bonds. The Bertz CT molecular complexity index is 521. The van der Waals surface area contributed by atoms with Crippen molar-refractivity contribution in [2.45, 2.75) is 58.8 Å². The summed E-state index contributed by atoms with van der Waals surface area (Å²) in [5.74, 6) is -0.747. The van der Waals surface area contributed by atoms with Gasteiger partial charge in [-0.3, -0.25) is 4.79 Å². The fourth-order valence-corrected chi connectivity index (χ4v) is 2.57. The van der Waals surface area contributed by atoms with Crippen molar-refractivity contribution in [3.8, 4) is 0 Å². The molecule has 0 saturated carbocycles. The van der Waals surface area contributed by atoms with Crippen molar-refractivity contribution in [2.24, 2.45) is 0 Å². The van der Waals surface area contributed by atoms with E-state index in [2.05, 4.69) is 19.2 Å². The molecule has 1 N–H and O–H groups in total. The monoisotopic (exact) mass is 373 g/mol. The number of rotatable bonds is 10. The maximum Gasteiger partial charge on any atom is 0.224 e. The number of amides is 1. The molecule has 0 aliphatic rings. The summed E-state index contributed by atoms with van der Waals surface area (Å²) in [4.78, 5) is 11.9. The van der Waals surface area contributed by atoms with Crippen LogP contribution < -0.4 is 5.32 Å². The van der Waals surface area contributed by atoms with Gasteiger partial charge in [0.25, 0.3) is 0 Å². The zero-order chi connectivity index (χ0) is 17.9. The van der Waals surface area contributed by atoms with Crippen LogP contribution in [0.3, 0.4) is 0 Å². The van der Waals surface area contributed by atoms with Gasteiger partial charge in [0.05, 0.1) is 12.3 Å². The Balaban J connectivity index is 2.70. The molecule has 0 aliphatic carbocycles. The Morgan fingerprint density at radius 2 is 1.96 bits per heavy atom. The second-order valence-corrected chi connectivity index (χ2v) is 6.54. The predicted molar refractivity (Wildman–Crippen MR) is 101 cm³/mol. The van der Waals surface area contributed by atoms with Crippen molar-refractivity contribution in [1.82, 2.24) is 0 Å². The molecule has 134 valence electrons. The zero-order valence-corrected chi connectivity index (χ0v) is 15.9. The summed E-state index contributed by atoms with van der Waals surface area (Å²) < 4.78 is 19.5. The number of carbonyl (C=O) groups is 1. The van der Waals surface area contributed by atoms with E-state index < -0.39 is 5.82 Å². The number of thiocarbonyl (C=S) groups is 1. The first-order chi connectivity index (χ1) is 11.5. The zero-order valence-electron chi connectivity index (χ0n) is 14.3. The van der Waals surface area contributed by atoms with Crippen molar-refractivity contribution >= 4 is 40.5 Å². The Morgan fingerprint density at radius 1 is 1.25 bits per heavy atom. The Kier molecular flexibility index (Phi) is 9.88. The lowest BCUT2D eigenvalue weighted by molar-refractivity contribution is -0.116. The van der Waals surface area contributed by atoms with Gasteiger partial charge in [-0.2, -0.15) is 0 Å². The minimum Gasteiger partial charge on any atom is -0.487 e. The molecule has 3 nitrogen and oxygen atoms in total. The molecule has 0 aromatic heterocycles. The summed E-state index contributed by atoms with van der Waals surface area (Å²) in [5, 5.41) is 3.30. The van der Waals surface area contributed by atoms with E-state index in [0.29, 0.717) is 30.1 Å². The number of hydrogen-bond donors (Lipinski definition) is 1. The van der Waals surface area contributed by atoms with E-state index in [4.69, 9.17) is 28.6 Å². The summed E-state index contributed by atoms with van der Waals surface area (Å²) >= 11 is 11.3. The van der Waals surface area contributed by atoms with Crippen LogP contribution in [0.1, 0.15) is 57.9 Å². The molecule has 6 heteroatoms. The molecule has 0 unspecified atom stereocenters. The quantitative estimate of drug-likeness (QED) is 0.423. The average Bonchev–Trinajstić information content (AvgIpc) is 2.52. The number of anilines is 1. The summed E-state index contributed by atoms with van der Waals surface area (Å²) in [6.45, 7) is 4.70. The van der Waals surface area contributed by atoms with Crippen LogP contribution in [0.15, 0.2) is 12.1 Å². The Morgan fingerprint density at radius 3 is 2.62 bits per heavy atom. The molecule has 0 atom stereocenters. The number of nitrogens with one attached hydrogen (secondary N) is 1. The molecule has 0 saturated heterocycles. The van der Waals surface area contributed by atoms with Gasteiger partial charge < -0.3 is 10.1 Å². The van der Waals surface area contributed by atoms with Crippen molar-refractivity contribution in [3.05, 3.63) is 28.5 Å². The maximum absolute atomic E-state index is 14.0. The molecular formula is C18H25ClFNO2S. The highest BCUT2D eigenvalue weighted by Crippen LogP contribution is 2.25. The highest BCUT2D eigenvalue weighted by molar-refractivity contribution is 7.80. The predicted octanol–water partition coefficient (Wildman–Crippen LogP) is 5.68. The van der Waals surface area contributed by atoms with Crippen molar-refractivity contribution < 1.29 is 13.9 Å². The van der Waals surface area contributed by atoms with Crippen LogP contribution >= 0.6 is 23.8 Å². The summed E-state index contributed by atoms with van der Waals surface area (Å²) in [5.41, 5.74) is 0.774. The van der Waals surface area contributed by atoms with E-state index in [9.17, 15) is 9.18 Å². The largest absolute Gasteiger partial charge is 0.487 e. The molecular weight excluding hydrogens is 349 g/mol. The third-order valence-electron chi connectivity index (χ3n) is 3.51. The van der Waals surface area contributed by atoms with E-state index in [1.54, 1.807) is 0 Å². The van der Waals surface area contributed by atoms with Gasteiger partial charge in [0.2, 0.25) is 5.91 Å². The van der Waals surface area contributed by atoms with Crippen LogP contribution in [0.25, 0.3) is 0 Å². The van der Waals surface area contributed by atoms with Gasteiger partial charge in [-0.25, -0.2) is 4.39 Å². The minimum absolute atomic E-state index is 0.132. The second kappa shape index (κ2) is 11.4. The van der Waals surface area contributed by atoms with Gasteiger partial charge in [0.15, 0.2) is 5.05 Å². The molecule has 1 rings (SSSR count). The second-order valence-electron chi connectivity index (χ2n) is 5.68. The first kappa shape index (κ1) is 20.8. The van der Waals surface area contributed by atoms with Gasteiger partial charge >= 0.3 is 0 Å². The topological polar surface area (TPSA) is 38.3 Å². The molecule has 1 aromatic carbocycles. The first-order valence-corrected chi connectivity index (χ1v) is 9.19. The lowest BCUT2D eigenvalue weighted by atomic mass is 10.1. The van der Waals surface area contributed by atoms with Gasteiger partial charge in [-0.15, -0.1) is 0 Å². The molecule has 0 fully saturated rings. The van der Waals surface area contributed by atoms with E-state index in [-0.39, 0.29) is 16.6 Å². The fourth-order valence-electron chi connectivity index (χ4n) is 2.11. The Labute approximate surface area is 153 Å². The smallest absolute Gasteiger partial charge is 0.224 e. The average molecular weight is 374 g/mol. The highest BCUT2D eigenvalue weighted by Gasteiger charge is 2.13. The van der Waals surface area contributed by atoms with Crippen LogP contribution in [0.4, 0.5) is 10.1 Å². The number of unbranched alkanes of at least 4 members (excludes halogenated alkanes) is 3. The first-order valence-electron chi connectivity index (χ1n) is 8.41. The lowest BCUT2D eigenvalue weighted by Gasteiger charge is -2.12. The van der Waals surface area contributed by atoms with Gasteiger partial charge in [0.1, 0.15) is 5.82 Å². The van der Waals surface area contributed by atoms with Gasteiger partial charge in [-0.1, -0.05) is 44.7 Å². The number of benzene rings is 1. The summed E-state index contributed by atoms with van der Waals surface area (Å²) in [6.07, 6.45) is 5.44. The maximum atomic E-state index is 14.0. The third-order valence-corrected chi connectivity index (χ3v) is 4.13. The van der Waals surface area contributed by atoms with Crippen LogP contribution in [-0.2, 0) is 16.0 Å². The number of ether oxygens (including phenoxy) is 1. The van der Waals surface area contributed by atoms with Crippen LogP contribution in [0.2, 0.25) is 5.02 Å². The standard InChI is InChI=1S/C18H25ClFNO2S/c1-3-5-7-8-17(22)21-16-10-13(14(19)12-15(16)20)11-18(24)23-9-6-4-2/h10,12H,3-9,11H2,1-2H3,(H,21,22). The van der Waals surface area contributed by atoms with Crippen molar-refractivity contribution in [3.63, 3.8) is 0 Å². The highest BCUT2D eigenvalue weighted by atomic mass is 35.5. The normalized spacial score (nSPS) is 10.5. The minimum atomic E-state index is -0.551. The van der Waals surface area contributed by atoms with Crippen molar-refractivity contribution in [2.75, 3.05) is 11.9 Å². The van der Waals surface area contributed by atoms with Crippen LogP contribution in [0, 0.1) is 5.82 Å². The number of halogens is 2. The van der Waals surface area contributed by atoms with E-state index in [1.807, 2.05) is 0 Å². The molecule has 0 radical (unpaired) electrons.